The van der Waals surface area contributed by atoms with E-state index in [1.807, 2.05) is 0 Å². The number of amides is 1. The smallest absolute Gasteiger partial charge is 0.331 e. The Hall–Kier alpha value is -2.93. The summed E-state index contributed by atoms with van der Waals surface area (Å²) in [5.41, 5.74) is -0.551. The molecule has 1 aliphatic carbocycles. The number of sulfonamides is 1. The second kappa shape index (κ2) is 8.44. The summed E-state index contributed by atoms with van der Waals surface area (Å²) >= 11 is 0. The summed E-state index contributed by atoms with van der Waals surface area (Å²) in [4.78, 5) is 29.1. The van der Waals surface area contributed by atoms with Gasteiger partial charge in [-0.3, -0.25) is 14.5 Å². The number of rotatable bonds is 5. The number of aliphatic imine (C=N–C) groups is 1. The van der Waals surface area contributed by atoms with E-state index in [1.54, 1.807) is 18.2 Å². The van der Waals surface area contributed by atoms with Crippen molar-refractivity contribution in [2.75, 3.05) is 0 Å². The van der Waals surface area contributed by atoms with Gasteiger partial charge in [0.1, 0.15) is 17.4 Å². The van der Waals surface area contributed by atoms with Gasteiger partial charge in [0.25, 0.3) is 15.9 Å². The predicted octanol–water partition coefficient (Wildman–Crippen LogP) is 1.39. The molecule has 10 heteroatoms. The van der Waals surface area contributed by atoms with E-state index >= 15 is 0 Å². The van der Waals surface area contributed by atoms with Crippen LogP contribution in [-0.2, 0) is 24.3 Å². The van der Waals surface area contributed by atoms with Gasteiger partial charge in [-0.1, -0.05) is 31.4 Å². The van der Waals surface area contributed by atoms with E-state index in [1.165, 1.54) is 19.9 Å². The van der Waals surface area contributed by atoms with Crippen LogP contribution in [0.3, 0.4) is 0 Å². The van der Waals surface area contributed by atoms with Crippen LogP contribution < -0.4 is 10.0 Å². The van der Waals surface area contributed by atoms with Gasteiger partial charge in [0.05, 0.1) is 11.0 Å². The first-order valence-electron chi connectivity index (χ1n) is 9.81. The molecule has 1 fully saturated rings. The Morgan fingerprint density at radius 3 is 2.57 bits per heavy atom. The summed E-state index contributed by atoms with van der Waals surface area (Å²) < 4.78 is 31.8. The van der Waals surface area contributed by atoms with Crippen LogP contribution in [0.15, 0.2) is 34.2 Å². The highest BCUT2D eigenvalue weighted by Gasteiger charge is 2.36. The lowest BCUT2D eigenvalue weighted by molar-refractivity contribution is -0.156. The van der Waals surface area contributed by atoms with Crippen molar-refractivity contribution in [3.63, 3.8) is 0 Å². The zero-order chi connectivity index (χ0) is 21.9. The minimum Gasteiger partial charge on any atom is -0.451 e. The van der Waals surface area contributed by atoms with Crippen LogP contribution >= 0.6 is 0 Å². The maximum absolute atomic E-state index is 12.5. The summed E-state index contributed by atoms with van der Waals surface area (Å²) in [6, 6.07) is 7.45. The number of carbonyl (C=O) groups excluding carboxylic acids is 2. The average molecular weight is 433 g/mol. The third kappa shape index (κ3) is 4.46. The van der Waals surface area contributed by atoms with Crippen LogP contribution in [0, 0.1) is 11.3 Å². The van der Waals surface area contributed by atoms with Crippen LogP contribution in [0.4, 0.5) is 0 Å². The highest BCUT2D eigenvalue weighted by molar-refractivity contribution is 7.90. The van der Waals surface area contributed by atoms with Crippen molar-refractivity contribution in [1.29, 1.82) is 5.26 Å². The van der Waals surface area contributed by atoms with Crippen molar-refractivity contribution in [2.24, 2.45) is 4.99 Å². The van der Waals surface area contributed by atoms with Crippen molar-refractivity contribution in [2.45, 2.75) is 68.5 Å². The highest BCUT2D eigenvalue weighted by Crippen LogP contribution is 2.27. The molecule has 0 saturated heterocycles. The number of nitriles is 1. The number of benzene rings is 1. The van der Waals surface area contributed by atoms with E-state index in [0.717, 1.165) is 19.3 Å². The van der Waals surface area contributed by atoms with Crippen molar-refractivity contribution in [3.8, 4) is 6.07 Å². The maximum Gasteiger partial charge on any atom is 0.331 e. The fourth-order valence-electron chi connectivity index (χ4n) is 3.56. The fourth-order valence-corrected chi connectivity index (χ4v) is 4.80. The lowest BCUT2D eigenvalue weighted by Gasteiger charge is -2.32. The number of esters is 1. The Morgan fingerprint density at radius 1 is 1.23 bits per heavy atom. The van der Waals surface area contributed by atoms with Gasteiger partial charge < -0.3 is 10.1 Å². The molecule has 1 unspecified atom stereocenters. The normalized spacial score (nSPS) is 22.1. The number of hydrogen-bond donors (Lipinski definition) is 2. The SMILES string of the molecule is CC(OC(=O)[C@H](C)N=C1NS(=O)(=O)c2ccccc21)C(=O)NC1(C#N)CCCCC1. The molecule has 3 rings (SSSR count). The number of hydrogen-bond acceptors (Lipinski definition) is 7. The van der Waals surface area contributed by atoms with Gasteiger partial charge in [-0.25, -0.2) is 13.2 Å². The maximum atomic E-state index is 12.5. The average Bonchev–Trinajstić information content (AvgIpc) is 2.98. The van der Waals surface area contributed by atoms with E-state index in [9.17, 15) is 23.3 Å². The molecule has 2 N–H and O–H groups in total. The number of ether oxygens (including phenoxy) is 1. The fraction of sp³-hybridized carbons (Fsp3) is 0.500. The molecule has 0 aromatic heterocycles. The van der Waals surface area contributed by atoms with Gasteiger partial charge in [-0.05, 0) is 38.8 Å². The Bertz CT molecular complexity index is 1020. The van der Waals surface area contributed by atoms with Crippen molar-refractivity contribution in [1.82, 2.24) is 10.0 Å². The molecule has 2 aliphatic rings. The lowest BCUT2D eigenvalue weighted by Crippen LogP contribution is -2.52. The monoisotopic (exact) mass is 432 g/mol. The molecule has 1 aliphatic heterocycles. The first-order valence-corrected chi connectivity index (χ1v) is 11.3. The molecule has 0 spiro atoms. The number of fused-ring (bicyclic) bond motifs is 1. The van der Waals surface area contributed by atoms with Gasteiger partial charge in [-0.15, -0.1) is 0 Å². The second-order valence-corrected chi connectivity index (χ2v) is 9.23. The highest BCUT2D eigenvalue weighted by atomic mass is 32.2. The molecule has 1 saturated carbocycles. The molecule has 9 nitrogen and oxygen atoms in total. The Labute approximate surface area is 175 Å². The molecule has 1 amide bonds. The largest absolute Gasteiger partial charge is 0.451 e. The molecular formula is C20H24N4O5S. The van der Waals surface area contributed by atoms with Crippen LogP contribution in [0.25, 0.3) is 0 Å². The summed E-state index contributed by atoms with van der Waals surface area (Å²) in [6.07, 6.45) is 2.76. The van der Waals surface area contributed by atoms with E-state index in [4.69, 9.17) is 4.74 Å². The topological polar surface area (TPSA) is 138 Å². The first-order chi connectivity index (χ1) is 14.2. The van der Waals surface area contributed by atoms with Crippen LogP contribution in [0.1, 0.15) is 51.5 Å². The van der Waals surface area contributed by atoms with Crippen molar-refractivity contribution >= 4 is 27.7 Å². The van der Waals surface area contributed by atoms with Gasteiger partial charge in [-0.2, -0.15) is 5.26 Å². The molecule has 1 aromatic rings. The minimum atomic E-state index is -3.72. The summed E-state index contributed by atoms with van der Waals surface area (Å²) in [5, 5.41) is 12.2. The summed E-state index contributed by atoms with van der Waals surface area (Å²) in [5.74, 6) is -1.26. The Morgan fingerprint density at radius 2 is 1.90 bits per heavy atom. The first kappa shape index (κ1) is 21.8. The van der Waals surface area contributed by atoms with Crippen LogP contribution in [0.2, 0.25) is 0 Å². The third-order valence-electron chi connectivity index (χ3n) is 5.27. The molecular weight excluding hydrogens is 408 g/mol. The van der Waals surface area contributed by atoms with Crippen LogP contribution in [-0.4, -0.2) is 43.8 Å². The van der Waals surface area contributed by atoms with E-state index in [-0.39, 0.29) is 10.7 Å². The molecule has 160 valence electrons. The molecule has 1 heterocycles. The quantitative estimate of drug-likeness (QED) is 0.675. The third-order valence-corrected chi connectivity index (χ3v) is 6.67. The number of amidine groups is 1. The molecule has 2 atom stereocenters. The minimum absolute atomic E-state index is 0.0535. The molecule has 0 bridgehead atoms. The zero-order valence-electron chi connectivity index (χ0n) is 16.8. The van der Waals surface area contributed by atoms with Gasteiger partial charge in [0.2, 0.25) is 0 Å². The Balaban J connectivity index is 1.65. The summed E-state index contributed by atoms with van der Waals surface area (Å²) in [6.45, 7) is 2.88. The summed E-state index contributed by atoms with van der Waals surface area (Å²) in [7, 11) is -3.72. The number of carbonyl (C=O) groups is 2. The second-order valence-electron chi connectivity index (χ2n) is 7.58. The van der Waals surface area contributed by atoms with Gasteiger partial charge in [0, 0.05) is 5.56 Å². The van der Waals surface area contributed by atoms with E-state index in [0.29, 0.717) is 18.4 Å². The molecule has 1 aromatic carbocycles. The molecule has 30 heavy (non-hydrogen) atoms. The molecule has 0 radical (unpaired) electrons. The van der Waals surface area contributed by atoms with Gasteiger partial charge in [0.15, 0.2) is 6.10 Å². The number of nitrogens with one attached hydrogen (secondary N) is 2. The zero-order valence-corrected chi connectivity index (χ0v) is 17.7. The lowest BCUT2D eigenvalue weighted by atomic mass is 9.83. The van der Waals surface area contributed by atoms with Gasteiger partial charge >= 0.3 is 5.97 Å². The van der Waals surface area contributed by atoms with E-state index in [2.05, 4.69) is 21.1 Å². The van der Waals surface area contributed by atoms with Crippen molar-refractivity contribution in [3.05, 3.63) is 29.8 Å². The van der Waals surface area contributed by atoms with Crippen LogP contribution in [0.5, 0.6) is 0 Å². The van der Waals surface area contributed by atoms with E-state index < -0.39 is 39.6 Å². The standard InChI is InChI=1S/C20H24N4O5S/c1-13(22-17-15-8-4-5-9-16(15)30(27,28)24-17)19(26)29-14(2)18(25)23-20(12-21)10-6-3-7-11-20/h4-5,8-9,13-14H,3,6-7,10-11H2,1-2H3,(H,22,24)(H,23,25)/t13-,14?/m0/s1. The predicted molar refractivity (Wildman–Crippen MR) is 108 cm³/mol. The van der Waals surface area contributed by atoms with Crippen molar-refractivity contribution < 1.29 is 22.7 Å². The Kier molecular flexibility index (Phi) is 6.12. The number of nitrogens with zero attached hydrogens (tertiary/aromatic N) is 2.